The lowest BCUT2D eigenvalue weighted by Crippen LogP contribution is -2.42. The first kappa shape index (κ1) is 17.0. The third kappa shape index (κ3) is 10.9. The lowest BCUT2D eigenvalue weighted by molar-refractivity contribution is -0.139. The van der Waals surface area contributed by atoms with E-state index >= 15 is 0 Å². The molecular formula is C11H21N3O5. The maximum atomic E-state index is 11.2. The van der Waals surface area contributed by atoms with Gasteiger partial charge in [-0.2, -0.15) is 0 Å². The van der Waals surface area contributed by atoms with E-state index in [1.165, 1.54) is 7.11 Å². The predicted molar refractivity (Wildman–Crippen MR) is 67.7 cm³/mol. The highest BCUT2D eigenvalue weighted by Crippen LogP contribution is 2.05. The highest BCUT2D eigenvalue weighted by Gasteiger charge is 2.15. The Hall–Kier alpha value is -1.99. The van der Waals surface area contributed by atoms with Gasteiger partial charge in [-0.05, 0) is 20.8 Å². The summed E-state index contributed by atoms with van der Waals surface area (Å²) in [5.74, 6) is -0.540. The number of alkyl carbamates (subject to hydrolysis) is 1. The molecule has 0 radical (unpaired) electrons. The number of hydrogen-bond donors (Lipinski definition) is 3. The largest absolute Gasteiger partial charge is 0.468 e. The summed E-state index contributed by atoms with van der Waals surface area (Å²) >= 11 is 0. The zero-order chi connectivity index (χ0) is 14.9. The van der Waals surface area contributed by atoms with Gasteiger partial charge >= 0.3 is 18.1 Å². The number of methoxy groups -OCH3 is 1. The molecule has 0 aliphatic rings. The van der Waals surface area contributed by atoms with Gasteiger partial charge in [0, 0.05) is 13.1 Å². The minimum Gasteiger partial charge on any atom is -0.468 e. The lowest BCUT2D eigenvalue weighted by atomic mass is 10.2. The Balaban J connectivity index is 3.61. The van der Waals surface area contributed by atoms with Crippen molar-refractivity contribution in [1.82, 2.24) is 16.0 Å². The third-order valence-corrected chi connectivity index (χ3v) is 1.70. The Morgan fingerprint density at radius 2 is 1.58 bits per heavy atom. The van der Waals surface area contributed by atoms with Crippen LogP contribution in [0.25, 0.3) is 0 Å². The quantitative estimate of drug-likeness (QED) is 0.483. The highest BCUT2D eigenvalue weighted by atomic mass is 16.6. The summed E-state index contributed by atoms with van der Waals surface area (Å²) in [6.07, 6.45) is -0.552. The van der Waals surface area contributed by atoms with Crippen LogP contribution in [-0.2, 0) is 14.3 Å². The molecule has 0 aromatic carbocycles. The highest BCUT2D eigenvalue weighted by molar-refractivity contribution is 5.80. The Morgan fingerprint density at radius 3 is 2.11 bits per heavy atom. The maximum absolute atomic E-state index is 11.2. The van der Waals surface area contributed by atoms with Gasteiger partial charge in [-0.25, -0.2) is 9.59 Å². The minimum atomic E-state index is -0.560. The molecule has 0 aromatic heterocycles. The Morgan fingerprint density at radius 1 is 1.00 bits per heavy atom. The molecule has 0 saturated heterocycles. The molecule has 3 N–H and O–H groups in total. The van der Waals surface area contributed by atoms with Crippen molar-refractivity contribution >= 4 is 18.1 Å². The van der Waals surface area contributed by atoms with Crippen LogP contribution in [0.5, 0.6) is 0 Å². The molecule has 3 amide bonds. The van der Waals surface area contributed by atoms with Crippen LogP contribution >= 0.6 is 0 Å². The number of ether oxygens (including phenoxy) is 2. The van der Waals surface area contributed by atoms with Crippen LogP contribution < -0.4 is 16.0 Å². The topological polar surface area (TPSA) is 106 Å². The van der Waals surface area contributed by atoms with Crippen molar-refractivity contribution in [3.8, 4) is 0 Å². The molecular weight excluding hydrogens is 254 g/mol. The van der Waals surface area contributed by atoms with Crippen LogP contribution in [0.2, 0.25) is 0 Å². The fraction of sp³-hybridized carbons (Fsp3) is 0.727. The number of rotatable bonds is 5. The molecule has 0 rings (SSSR count). The summed E-state index contributed by atoms with van der Waals surface area (Å²) in [5.41, 5.74) is -0.560. The van der Waals surface area contributed by atoms with Crippen molar-refractivity contribution in [2.75, 3.05) is 26.7 Å². The van der Waals surface area contributed by atoms with Gasteiger partial charge in [-0.1, -0.05) is 0 Å². The number of urea groups is 1. The second kappa shape index (κ2) is 8.17. The second-order valence-electron chi connectivity index (χ2n) is 4.61. The molecule has 0 saturated carbocycles. The van der Waals surface area contributed by atoms with Crippen LogP contribution in [-0.4, -0.2) is 50.4 Å². The molecule has 0 unspecified atom stereocenters. The molecule has 19 heavy (non-hydrogen) atoms. The molecule has 0 bridgehead atoms. The summed E-state index contributed by atoms with van der Waals surface area (Å²) in [6, 6.07) is -0.517. The number of carbonyl (C=O) groups is 3. The molecule has 0 atom stereocenters. The number of esters is 1. The van der Waals surface area contributed by atoms with Crippen molar-refractivity contribution in [2.24, 2.45) is 0 Å². The third-order valence-electron chi connectivity index (χ3n) is 1.70. The van der Waals surface area contributed by atoms with E-state index in [4.69, 9.17) is 4.74 Å². The summed E-state index contributed by atoms with van der Waals surface area (Å²) < 4.78 is 9.35. The Bertz CT molecular complexity index is 325. The molecule has 110 valence electrons. The van der Waals surface area contributed by atoms with E-state index in [-0.39, 0.29) is 19.6 Å². The standard InChI is InChI=1S/C11H21N3O5/c1-11(2,3)19-10(17)13-6-5-12-9(16)14-7-8(15)18-4/h5-7H2,1-4H3,(H,13,17)(H2,12,14,16). The van der Waals surface area contributed by atoms with E-state index < -0.39 is 23.7 Å². The summed E-state index contributed by atoms with van der Waals surface area (Å²) in [7, 11) is 1.23. The zero-order valence-electron chi connectivity index (χ0n) is 11.7. The van der Waals surface area contributed by atoms with Gasteiger partial charge in [0.05, 0.1) is 7.11 Å². The maximum Gasteiger partial charge on any atom is 0.407 e. The van der Waals surface area contributed by atoms with Crippen molar-refractivity contribution in [3.05, 3.63) is 0 Å². The van der Waals surface area contributed by atoms with Gasteiger partial charge in [-0.3, -0.25) is 4.79 Å². The fourth-order valence-corrected chi connectivity index (χ4v) is 0.942. The molecule has 0 aliphatic heterocycles. The first-order chi connectivity index (χ1) is 8.74. The number of amides is 3. The van der Waals surface area contributed by atoms with Crippen LogP contribution in [0, 0.1) is 0 Å². The van der Waals surface area contributed by atoms with E-state index in [1.54, 1.807) is 20.8 Å². The first-order valence-electron chi connectivity index (χ1n) is 5.80. The van der Waals surface area contributed by atoms with Gasteiger partial charge in [-0.15, -0.1) is 0 Å². The van der Waals surface area contributed by atoms with Crippen LogP contribution in [0.15, 0.2) is 0 Å². The molecule has 0 aromatic rings. The molecule has 0 fully saturated rings. The van der Waals surface area contributed by atoms with Gasteiger partial charge in [0.2, 0.25) is 0 Å². The average Bonchev–Trinajstić information content (AvgIpc) is 2.29. The van der Waals surface area contributed by atoms with Crippen molar-refractivity contribution in [2.45, 2.75) is 26.4 Å². The van der Waals surface area contributed by atoms with E-state index in [2.05, 4.69) is 20.7 Å². The van der Waals surface area contributed by atoms with Crippen molar-refractivity contribution < 1.29 is 23.9 Å². The van der Waals surface area contributed by atoms with Crippen molar-refractivity contribution in [1.29, 1.82) is 0 Å². The number of hydrogen-bond acceptors (Lipinski definition) is 5. The van der Waals surface area contributed by atoms with E-state index in [0.29, 0.717) is 0 Å². The lowest BCUT2D eigenvalue weighted by Gasteiger charge is -2.19. The predicted octanol–water partition coefficient (Wildman–Crippen LogP) is -0.0167. The normalized spacial score (nSPS) is 10.3. The molecule has 8 heteroatoms. The SMILES string of the molecule is COC(=O)CNC(=O)NCCNC(=O)OC(C)(C)C. The Labute approximate surface area is 112 Å². The number of nitrogens with one attached hydrogen (secondary N) is 3. The fourth-order valence-electron chi connectivity index (χ4n) is 0.942. The van der Waals surface area contributed by atoms with E-state index in [0.717, 1.165) is 0 Å². The van der Waals surface area contributed by atoms with Crippen molar-refractivity contribution in [3.63, 3.8) is 0 Å². The van der Waals surface area contributed by atoms with Gasteiger partial charge in [0.1, 0.15) is 12.1 Å². The second-order valence-corrected chi connectivity index (χ2v) is 4.61. The Kier molecular flexibility index (Phi) is 7.32. The monoisotopic (exact) mass is 275 g/mol. The number of carbonyl (C=O) groups excluding carboxylic acids is 3. The summed E-state index contributed by atoms with van der Waals surface area (Å²) in [6.45, 7) is 5.50. The summed E-state index contributed by atoms with van der Waals surface area (Å²) in [5, 5.41) is 7.22. The average molecular weight is 275 g/mol. The molecule has 0 spiro atoms. The zero-order valence-corrected chi connectivity index (χ0v) is 11.7. The van der Waals surface area contributed by atoms with Crippen LogP contribution in [0.3, 0.4) is 0 Å². The van der Waals surface area contributed by atoms with Gasteiger partial charge in [0.25, 0.3) is 0 Å². The van der Waals surface area contributed by atoms with Crippen LogP contribution in [0.1, 0.15) is 20.8 Å². The molecule has 0 heterocycles. The summed E-state index contributed by atoms with van der Waals surface area (Å²) in [4.78, 5) is 33.1. The minimum absolute atomic E-state index is 0.207. The van der Waals surface area contributed by atoms with Gasteiger partial charge < -0.3 is 25.4 Å². The molecule has 8 nitrogen and oxygen atoms in total. The first-order valence-corrected chi connectivity index (χ1v) is 5.80. The van der Waals surface area contributed by atoms with Crippen LogP contribution in [0.4, 0.5) is 9.59 Å². The molecule has 0 aliphatic carbocycles. The van der Waals surface area contributed by atoms with Gasteiger partial charge in [0.15, 0.2) is 0 Å². The van der Waals surface area contributed by atoms with E-state index in [1.807, 2.05) is 0 Å². The smallest absolute Gasteiger partial charge is 0.407 e. The van der Waals surface area contributed by atoms with E-state index in [9.17, 15) is 14.4 Å².